The average Bonchev–Trinajstić information content (AvgIpc) is 2.93. The van der Waals surface area contributed by atoms with Crippen molar-refractivity contribution in [2.24, 2.45) is 4.99 Å². The second-order valence-corrected chi connectivity index (χ2v) is 9.99. The summed E-state index contributed by atoms with van der Waals surface area (Å²) in [5.74, 6) is 0.480. The normalized spacial score (nSPS) is 17.1. The van der Waals surface area contributed by atoms with Gasteiger partial charge in [-0.2, -0.15) is 0 Å². The Morgan fingerprint density at radius 2 is 1.76 bits per heavy atom. The molecule has 1 atom stereocenters. The molecule has 0 aromatic heterocycles. The van der Waals surface area contributed by atoms with Crippen LogP contribution in [-0.4, -0.2) is 40.8 Å². The van der Waals surface area contributed by atoms with Crippen molar-refractivity contribution >= 4 is 40.2 Å². The molecule has 3 aromatic carbocycles. The van der Waals surface area contributed by atoms with Gasteiger partial charge in [0.15, 0.2) is 5.17 Å². The maximum atomic E-state index is 13.4. The molecular weight excluding hydrogens is 482 g/mol. The summed E-state index contributed by atoms with van der Waals surface area (Å²) < 4.78 is 5.54. The second-order valence-electron chi connectivity index (χ2n) is 8.93. The number of aryl methyl sites for hydroxylation is 1. The minimum atomic E-state index is -0.360. The van der Waals surface area contributed by atoms with Gasteiger partial charge in [0, 0.05) is 29.1 Å². The van der Waals surface area contributed by atoms with Crippen molar-refractivity contribution in [3.8, 4) is 0 Å². The second kappa shape index (κ2) is 11.0. The summed E-state index contributed by atoms with van der Waals surface area (Å²) in [6, 6.07) is 24.7. The molecule has 188 valence electrons. The third-order valence-electron chi connectivity index (χ3n) is 6.48. The van der Waals surface area contributed by atoms with Crippen LogP contribution in [0.4, 0.5) is 5.69 Å². The van der Waals surface area contributed by atoms with Gasteiger partial charge < -0.3 is 15.0 Å². The number of benzene rings is 3. The van der Waals surface area contributed by atoms with Crippen molar-refractivity contribution in [1.29, 1.82) is 0 Å². The van der Waals surface area contributed by atoms with Gasteiger partial charge >= 0.3 is 5.97 Å². The van der Waals surface area contributed by atoms with Crippen LogP contribution in [0.25, 0.3) is 5.70 Å². The molecule has 0 saturated carbocycles. The first kappa shape index (κ1) is 24.8. The Morgan fingerprint density at radius 1 is 1.03 bits per heavy atom. The Bertz CT molecular complexity index is 1370. The minimum absolute atomic E-state index is 0.149. The molecule has 7 heteroatoms. The molecule has 1 fully saturated rings. The topological polar surface area (TPSA) is 71.0 Å². The molecule has 0 radical (unpaired) electrons. The number of anilines is 1. The van der Waals surface area contributed by atoms with Gasteiger partial charge in [-0.1, -0.05) is 72.4 Å². The smallest absolute Gasteiger partial charge is 0.338 e. The molecule has 2 aliphatic rings. The van der Waals surface area contributed by atoms with E-state index in [9.17, 15) is 9.59 Å². The summed E-state index contributed by atoms with van der Waals surface area (Å²) in [5.41, 5.74) is 5.28. The molecule has 1 unspecified atom stereocenters. The monoisotopic (exact) mass is 511 g/mol. The van der Waals surface area contributed by atoms with E-state index in [-0.39, 0.29) is 24.5 Å². The fourth-order valence-electron chi connectivity index (χ4n) is 4.71. The fourth-order valence-corrected chi connectivity index (χ4v) is 5.68. The molecule has 5 rings (SSSR count). The lowest BCUT2D eigenvalue weighted by Crippen LogP contribution is -2.42. The van der Waals surface area contributed by atoms with Gasteiger partial charge in [0.1, 0.15) is 0 Å². The zero-order chi connectivity index (χ0) is 25.8. The summed E-state index contributed by atoms with van der Waals surface area (Å²) in [6.45, 7) is 4.82. The zero-order valence-electron chi connectivity index (χ0n) is 20.9. The molecule has 1 saturated heterocycles. The Kier molecular flexibility index (Phi) is 7.42. The Balaban J connectivity index is 1.53. The van der Waals surface area contributed by atoms with Gasteiger partial charge in [-0.3, -0.25) is 4.79 Å². The van der Waals surface area contributed by atoms with Crippen molar-refractivity contribution in [3.05, 3.63) is 107 Å². The van der Waals surface area contributed by atoms with Gasteiger partial charge in [-0.15, -0.1) is 0 Å². The molecular formula is C30H29N3O3S. The number of amides is 1. The van der Waals surface area contributed by atoms with Crippen molar-refractivity contribution < 1.29 is 14.3 Å². The Morgan fingerprint density at radius 3 is 2.49 bits per heavy atom. The van der Waals surface area contributed by atoms with Crippen LogP contribution in [0.5, 0.6) is 0 Å². The lowest BCUT2D eigenvalue weighted by Gasteiger charge is -2.41. The zero-order valence-corrected chi connectivity index (χ0v) is 21.8. The summed E-state index contributed by atoms with van der Waals surface area (Å²) in [7, 11) is 0. The van der Waals surface area contributed by atoms with Crippen molar-refractivity contribution in [2.45, 2.75) is 26.3 Å². The number of esters is 1. The van der Waals surface area contributed by atoms with Crippen LogP contribution in [-0.2, 0) is 9.53 Å². The number of nitrogens with zero attached hydrogens (tertiary/aromatic N) is 2. The molecule has 0 aliphatic carbocycles. The van der Waals surface area contributed by atoms with Crippen LogP contribution in [0.15, 0.2) is 89.4 Å². The summed E-state index contributed by atoms with van der Waals surface area (Å²) in [5, 5.41) is 3.91. The van der Waals surface area contributed by atoms with E-state index in [1.54, 1.807) is 11.8 Å². The van der Waals surface area contributed by atoms with Crippen LogP contribution in [0, 0.1) is 6.92 Å². The van der Waals surface area contributed by atoms with Crippen molar-refractivity contribution in [3.63, 3.8) is 0 Å². The molecule has 37 heavy (non-hydrogen) atoms. The van der Waals surface area contributed by atoms with E-state index >= 15 is 0 Å². The molecule has 0 spiro atoms. The number of amidine groups is 1. The predicted molar refractivity (Wildman–Crippen MR) is 150 cm³/mol. The number of aliphatic imine (C=N–C) groups is 1. The number of hydrogen-bond acceptors (Lipinski definition) is 6. The standard InChI is InChI=1S/C30H29N3O3S/c1-3-36-29(35)25-26(21-11-5-4-6-12-21)32-30-33(18-9-19-37-30)27(25)22-14-16-23(17-15-22)31-28(34)24-13-8-7-10-20(24)2/h4-8,10-17,27H,3,9,18-19H2,1-2H3,(H,31,34). The van der Waals surface area contributed by atoms with E-state index < -0.39 is 0 Å². The van der Waals surface area contributed by atoms with Crippen molar-refractivity contribution in [1.82, 2.24) is 4.90 Å². The van der Waals surface area contributed by atoms with E-state index in [0.717, 1.165) is 40.6 Å². The molecule has 2 aliphatic heterocycles. The number of thioether (sulfide) groups is 1. The molecule has 6 nitrogen and oxygen atoms in total. The molecule has 3 aromatic rings. The minimum Gasteiger partial charge on any atom is -0.463 e. The number of rotatable bonds is 6. The number of fused-ring (bicyclic) bond motifs is 1. The van der Waals surface area contributed by atoms with Gasteiger partial charge in [-0.25, -0.2) is 9.79 Å². The van der Waals surface area contributed by atoms with Gasteiger partial charge in [0.25, 0.3) is 5.91 Å². The first-order valence-electron chi connectivity index (χ1n) is 12.5. The van der Waals surface area contributed by atoms with E-state index in [1.807, 2.05) is 92.7 Å². The Labute approximate surface area is 221 Å². The summed E-state index contributed by atoms with van der Waals surface area (Å²) >= 11 is 1.71. The first-order chi connectivity index (χ1) is 18.1. The molecule has 1 N–H and O–H groups in total. The highest BCUT2D eigenvalue weighted by Gasteiger charge is 2.39. The maximum Gasteiger partial charge on any atom is 0.338 e. The molecule has 0 bridgehead atoms. The lowest BCUT2D eigenvalue weighted by atomic mass is 9.91. The number of nitrogens with one attached hydrogen (secondary N) is 1. The number of hydrogen-bond donors (Lipinski definition) is 1. The van der Waals surface area contributed by atoms with Crippen LogP contribution in [0.3, 0.4) is 0 Å². The highest BCUT2D eigenvalue weighted by atomic mass is 32.2. The third-order valence-corrected chi connectivity index (χ3v) is 7.56. The third kappa shape index (κ3) is 5.18. The fraction of sp³-hybridized carbons (Fsp3) is 0.233. The highest BCUT2D eigenvalue weighted by molar-refractivity contribution is 8.13. The average molecular weight is 512 g/mol. The Hall–Kier alpha value is -3.84. The SMILES string of the molecule is CCOC(=O)C1=C(c2ccccc2)N=C2SCCCN2C1c1ccc(NC(=O)c2ccccc2C)cc1. The first-order valence-corrected chi connectivity index (χ1v) is 13.5. The van der Waals surface area contributed by atoms with E-state index in [4.69, 9.17) is 9.73 Å². The van der Waals surface area contributed by atoms with Crippen LogP contribution < -0.4 is 5.32 Å². The van der Waals surface area contributed by atoms with Gasteiger partial charge in [0.05, 0.1) is 23.9 Å². The van der Waals surface area contributed by atoms with E-state index in [0.29, 0.717) is 22.5 Å². The van der Waals surface area contributed by atoms with Crippen LogP contribution in [0.1, 0.15) is 46.4 Å². The summed E-state index contributed by atoms with van der Waals surface area (Å²) in [6.07, 6.45) is 1.00. The number of carbonyl (C=O) groups is 2. The quantitative estimate of drug-likeness (QED) is 0.407. The molecule has 2 heterocycles. The molecule has 1 amide bonds. The van der Waals surface area contributed by atoms with E-state index in [1.165, 1.54) is 0 Å². The van der Waals surface area contributed by atoms with Gasteiger partial charge in [-0.05, 0) is 49.6 Å². The van der Waals surface area contributed by atoms with Crippen LogP contribution in [0.2, 0.25) is 0 Å². The number of ether oxygens (including phenoxy) is 1. The van der Waals surface area contributed by atoms with E-state index in [2.05, 4.69) is 10.2 Å². The largest absolute Gasteiger partial charge is 0.463 e. The maximum absolute atomic E-state index is 13.4. The van der Waals surface area contributed by atoms with Crippen molar-refractivity contribution in [2.75, 3.05) is 24.2 Å². The highest BCUT2D eigenvalue weighted by Crippen LogP contribution is 2.43. The van der Waals surface area contributed by atoms with Gasteiger partial charge in [0.2, 0.25) is 0 Å². The van der Waals surface area contributed by atoms with Crippen LogP contribution >= 0.6 is 11.8 Å². The number of carbonyl (C=O) groups excluding carboxylic acids is 2. The summed E-state index contributed by atoms with van der Waals surface area (Å²) in [4.78, 5) is 33.4. The lowest BCUT2D eigenvalue weighted by molar-refractivity contribution is -0.139. The predicted octanol–water partition coefficient (Wildman–Crippen LogP) is 6.07.